The van der Waals surface area contributed by atoms with Crippen LogP contribution in [-0.2, 0) is 4.79 Å². The maximum atomic E-state index is 11.8. The molecule has 0 fully saturated rings. The van der Waals surface area contributed by atoms with Crippen molar-refractivity contribution in [1.82, 2.24) is 4.98 Å². The number of rotatable bonds is 6. The van der Waals surface area contributed by atoms with Crippen LogP contribution in [0.15, 0.2) is 47.6 Å². The van der Waals surface area contributed by atoms with E-state index in [1.807, 2.05) is 18.2 Å². The average Bonchev–Trinajstić information content (AvgIpc) is 2.48. The van der Waals surface area contributed by atoms with Gasteiger partial charge >= 0.3 is 0 Å². The maximum Gasteiger partial charge on any atom is 0.224 e. The van der Waals surface area contributed by atoms with Gasteiger partial charge in [-0.15, -0.1) is 11.8 Å². The summed E-state index contributed by atoms with van der Waals surface area (Å²) in [4.78, 5) is 16.1. The Balaban J connectivity index is 1.72. The largest absolute Gasteiger partial charge is 0.399 e. The Labute approximate surface area is 133 Å². The standard InChI is InChI=1S/C15H16ClN3OS/c16-12-10-11(17)6-7-13(12)19-14(20)4-3-9-21-15-5-1-2-8-18-15/h1-2,5-8,10H,3-4,9,17H2,(H,19,20). The minimum atomic E-state index is -0.0525. The summed E-state index contributed by atoms with van der Waals surface area (Å²) in [5, 5.41) is 4.21. The third kappa shape index (κ3) is 5.28. The van der Waals surface area contributed by atoms with E-state index in [1.54, 1.807) is 36.2 Å². The highest BCUT2D eigenvalue weighted by atomic mass is 35.5. The van der Waals surface area contributed by atoms with E-state index in [0.29, 0.717) is 22.8 Å². The van der Waals surface area contributed by atoms with Crippen molar-refractivity contribution < 1.29 is 4.79 Å². The lowest BCUT2D eigenvalue weighted by atomic mass is 10.2. The van der Waals surface area contributed by atoms with Crippen molar-refractivity contribution in [3.63, 3.8) is 0 Å². The van der Waals surface area contributed by atoms with E-state index in [-0.39, 0.29) is 5.91 Å². The van der Waals surface area contributed by atoms with Gasteiger partial charge in [0.1, 0.15) is 0 Å². The second-order valence-electron chi connectivity index (χ2n) is 4.41. The summed E-state index contributed by atoms with van der Waals surface area (Å²) in [5.41, 5.74) is 6.77. The number of nitrogen functional groups attached to an aromatic ring is 1. The number of carbonyl (C=O) groups is 1. The summed E-state index contributed by atoms with van der Waals surface area (Å²) in [5.74, 6) is 0.795. The van der Waals surface area contributed by atoms with E-state index in [0.717, 1.165) is 17.2 Å². The zero-order valence-electron chi connectivity index (χ0n) is 11.4. The number of thioether (sulfide) groups is 1. The van der Waals surface area contributed by atoms with E-state index in [4.69, 9.17) is 17.3 Å². The van der Waals surface area contributed by atoms with E-state index in [1.165, 1.54) is 0 Å². The number of amides is 1. The molecule has 0 atom stereocenters. The molecule has 1 amide bonds. The van der Waals surface area contributed by atoms with Gasteiger partial charge in [-0.3, -0.25) is 4.79 Å². The van der Waals surface area contributed by atoms with Gasteiger partial charge in [-0.1, -0.05) is 17.7 Å². The fourth-order valence-corrected chi connectivity index (χ4v) is 2.73. The minimum Gasteiger partial charge on any atom is -0.399 e. The van der Waals surface area contributed by atoms with Gasteiger partial charge in [0.15, 0.2) is 0 Å². The van der Waals surface area contributed by atoms with Gasteiger partial charge in [-0.25, -0.2) is 4.98 Å². The molecule has 2 aromatic rings. The molecule has 0 bridgehead atoms. The van der Waals surface area contributed by atoms with Crippen LogP contribution in [0.3, 0.4) is 0 Å². The van der Waals surface area contributed by atoms with Gasteiger partial charge in [0.05, 0.1) is 15.7 Å². The molecule has 3 N–H and O–H groups in total. The van der Waals surface area contributed by atoms with Gasteiger partial charge in [-0.05, 0) is 42.5 Å². The third-order valence-corrected chi connectivity index (χ3v) is 4.05. The molecule has 0 radical (unpaired) electrons. The Morgan fingerprint density at radius 1 is 1.33 bits per heavy atom. The van der Waals surface area contributed by atoms with Crippen LogP contribution in [-0.4, -0.2) is 16.6 Å². The normalized spacial score (nSPS) is 10.3. The molecule has 21 heavy (non-hydrogen) atoms. The second kappa shape index (κ2) is 7.90. The molecule has 2 rings (SSSR count). The highest BCUT2D eigenvalue weighted by molar-refractivity contribution is 7.99. The van der Waals surface area contributed by atoms with E-state index in [9.17, 15) is 4.79 Å². The maximum absolute atomic E-state index is 11.8. The number of anilines is 2. The predicted octanol–water partition coefficient (Wildman–Crippen LogP) is 3.83. The quantitative estimate of drug-likeness (QED) is 0.482. The van der Waals surface area contributed by atoms with Crippen LogP contribution < -0.4 is 11.1 Å². The Morgan fingerprint density at radius 3 is 2.90 bits per heavy atom. The monoisotopic (exact) mass is 321 g/mol. The van der Waals surface area contributed by atoms with E-state index in [2.05, 4.69) is 10.3 Å². The molecule has 1 aromatic heterocycles. The molecular weight excluding hydrogens is 306 g/mol. The Hall–Kier alpha value is -1.72. The molecule has 0 aliphatic heterocycles. The highest BCUT2D eigenvalue weighted by Crippen LogP contribution is 2.24. The molecule has 0 saturated carbocycles. The zero-order valence-corrected chi connectivity index (χ0v) is 13.0. The lowest BCUT2D eigenvalue weighted by Gasteiger charge is -2.07. The van der Waals surface area contributed by atoms with Crippen molar-refractivity contribution in [3.05, 3.63) is 47.6 Å². The van der Waals surface area contributed by atoms with Crippen LogP contribution in [0.4, 0.5) is 11.4 Å². The number of hydrogen-bond acceptors (Lipinski definition) is 4. The number of pyridine rings is 1. The third-order valence-electron chi connectivity index (χ3n) is 2.70. The van der Waals surface area contributed by atoms with Crippen LogP contribution in [0, 0.1) is 0 Å². The van der Waals surface area contributed by atoms with Gasteiger partial charge < -0.3 is 11.1 Å². The number of nitrogens with one attached hydrogen (secondary N) is 1. The molecule has 0 saturated heterocycles. The summed E-state index contributed by atoms with van der Waals surface area (Å²) >= 11 is 7.65. The van der Waals surface area contributed by atoms with Crippen molar-refractivity contribution in [1.29, 1.82) is 0 Å². The van der Waals surface area contributed by atoms with Crippen LogP contribution in [0.5, 0.6) is 0 Å². The van der Waals surface area contributed by atoms with Crippen LogP contribution in [0.2, 0.25) is 5.02 Å². The molecule has 6 heteroatoms. The topological polar surface area (TPSA) is 68.0 Å². The Kier molecular flexibility index (Phi) is 5.90. The molecular formula is C15H16ClN3OS. The molecule has 0 aliphatic rings. The predicted molar refractivity (Wildman–Crippen MR) is 88.7 cm³/mol. The first kappa shape index (κ1) is 15.7. The van der Waals surface area contributed by atoms with Gasteiger partial charge in [0, 0.05) is 18.3 Å². The number of hydrogen-bond donors (Lipinski definition) is 2. The second-order valence-corrected chi connectivity index (χ2v) is 5.93. The van der Waals surface area contributed by atoms with E-state index < -0.39 is 0 Å². The highest BCUT2D eigenvalue weighted by Gasteiger charge is 2.06. The van der Waals surface area contributed by atoms with Crippen LogP contribution in [0.1, 0.15) is 12.8 Å². The van der Waals surface area contributed by atoms with Crippen molar-refractivity contribution in [2.75, 3.05) is 16.8 Å². The molecule has 0 aliphatic carbocycles. The van der Waals surface area contributed by atoms with Gasteiger partial charge in [-0.2, -0.15) is 0 Å². The summed E-state index contributed by atoms with van der Waals surface area (Å²) in [6.07, 6.45) is 2.98. The van der Waals surface area contributed by atoms with Crippen LogP contribution >= 0.6 is 23.4 Å². The number of benzene rings is 1. The number of carbonyl (C=O) groups excluding carboxylic acids is 1. The fraction of sp³-hybridized carbons (Fsp3) is 0.200. The first-order valence-corrected chi connectivity index (χ1v) is 7.90. The summed E-state index contributed by atoms with van der Waals surface area (Å²) in [6.45, 7) is 0. The van der Waals surface area contributed by atoms with Gasteiger partial charge in [0.25, 0.3) is 0 Å². The fourth-order valence-electron chi connectivity index (χ4n) is 1.69. The Bertz CT molecular complexity index is 607. The molecule has 1 heterocycles. The smallest absolute Gasteiger partial charge is 0.224 e. The van der Waals surface area contributed by atoms with Crippen molar-refractivity contribution in [2.45, 2.75) is 17.9 Å². The lowest BCUT2D eigenvalue weighted by molar-refractivity contribution is -0.116. The SMILES string of the molecule is Nc1ccc(NC(=O)CCCSc2ccccn2)c(Cl)c1. The van der Waals surface area contributed by atoms with Crippen molar-refractivity contribution in [3.8, 4) is 0 Å². The van der Waals surface area contributed by atoms with E-state index >= 15 is 0 Å². The Morgan fingerprint density at radius 2 is 2.19 bits per heavy atom. The summed E-state index contributed by atoms with van der Waals surface area (Å²) in [6, 6.07) is 10.8. The zero-order chi connectivity index (χ0) is 15.1. The molecule has 1 aromatic carbocycles. The number of nitrogens with two attached hydrogens (primary N) is 1. The number of aromatic nitrogens is 1. The number of nitrogens with zero attached hydrogens (tertiary/aromatic N) is 1. The molecule has 0 spiro atoms. The van der Waals surface area contributed by atoms with Crippen molar-refractivity contribution in [2.24, 2.45) is 0 Å². The summed E-state index contributed by atoms with van der Waals surface area (Å²) in [7, 11) is 0. The first-order valence-electron chi connectivity index (χ1n) is 6.54. The average molecular weight is 322 g/mol. The molecule has 0 unspecified atom stereocenters. The number of halogens is 1. The van der Waals surface area contributed by atoms with Crippen LogP contribution in [0.25, 0.3) is 0 Å². The molecule has 4 nitrogen and oxygen atoms in total. The first-order chi connectivity index (χ1) is 10.1. The molecule has 110 valence electrons. The lowest BCUT2D eigenvalue weighted by Crippen LogP contribution is -2.11. The van der Waals surface area contributed by atoms with Gasteiger partial charge in [0.2, 0.25) is 5.91 Å². The minimum absolute atomic E-state index is 0.0525. The summed E-state index contributed by atoms with van der Waals surface area (Å²) < 4.78 is 0. The van der Waals surface area contributed by atoms with Crippen molar-refractivity contribution >= 4 is 40.6 Å².